The van der Waals surface area contributed by atoms with E-state index < -0.39 is 18.0 Å². The maximum Gasteiger partial charge on any atom is 0.344 e. The number of benzene rings is 3. The van der Waals surface area contributed by atoms with Gasteiger partial charge in [-0.15, -0.1) is 0 Å². The molecule has 196 valence electrons. The Bertz CT molecular complexity index is 1000. The summed E-state index contributed by atoms with van der Waals surface area (Å²) in [5, 5.41) is 17.3. The van der Waals surface area contributed by atoms with Crippen molar-refractivity contribution in [2.24, 2.45) is 10.2 Å². The molecule has 3 aromatic rings. The number of unbranched alkanes of at least 4 members (excludes halogenated alkanes) is 3. The van der Waals surface area contributed by atoms with Gasteiger partial charge in [-0.05, 0) is 49.2 Å². The van der Waals surface area contributed by atoms with E-state index in [1.807, 2.05) is 78.9 Å². The van der Waals surface area contributed by atoms with Gasteiger partial charge in [-0.25, -0.2) is 9.59 Å². The van der Waals surface area contributed by atoms with E-state index in [9.17, 15) is 9.59 Å². The van der Waals surface area contributed by atoms with Gasteiger partial charge < -0.3 is 14.6 Å². The van der Waals surface area contributed by atoms with Crippen LogP contribution in [0.1, 0.15) is 39.0 Å². The van der Waals surface area contributed by atoms with Crippen LogP contribution in [0.25, 0.3) is 0 Å². The van der Waals surface area contributed by atoms with E-state index in [1.54, 1.807) is 12.1 Å². The topological polar surface area (TPSA) is 97.5 Å². The van der Waals surface area contributed by atoms with E-state index in [1.165, 1.54) is 7.11 Å². The van der Waals surface area contributed by atoms with E-state index in [2.05, 4.69) is 28.5 Å². The highest BCUT2D eigenvalue weighted by atomic mass is 16.5. The van der Waals surface area contributed by atoms with E-state index in [0.717, 1.165) is 43.1 Å². The molecule has 0 saturated carbocycles. The molecule has 0 aromatic heterocycles. The number of methoxy groups -OCH3 is 1. The molecule has 0 heterocycles. The van der Waals surface area contributed by atoms with Gasteiger partial charge in [0.25, 0.3) is 0 Å². The normalized spacial score (nSPS) is 10.6. The van der Waals surface area contributed by atoms with Crippen LogP contribution in [-0.2, 0) is 14.3 Å². The maximum absolute atomic E-state index is 11.0. The number of para-hydroxylation sites is 1. The molecule has 3 rings (SSSR count). The minimum atomic E-state index is -0.884. The van der Waals surface area contributed by atoms with Crippen molar-refractivity contribution in [3.05, 3.63) is 104 Å². The van der Waals surface area contributed by atoms with Crippen molar-refractivity contribution < 1.29 is 24.2 Å². The third-order valence-corrected chi connectivity index (χ3v) is 4.78. The first-order valence-electron chi connectivity index (χ1n) is 12.2. The second-order valence-electron chi connectivity index (χ2n) is 7.71. The van der Waals surface area contributed by atoms with Crippen molar-refractivity contribution in [1.82, 2.24) is 0 Å². The first-order valence-corrected chi connectivity index (χ1v) is 12.2. The molecule has 1 N–H and O–H groups in total. The largest absolute Gasteiger partial charge is 0.479 e. The maximum atomic E-state index is 11.0. The van der Waals surface area contributed by atoms with Crippen molar-refractivity contribution in [3.63, 3.8) is 0 Å². The van der Waals surface area contributed by atoms with Crippen molar-refractivity contribution in [3.8, 4) is 5.75 Å². The molecule has 0 spiro atoms. The Morgan fingerprint density at radius 3 is 1.70 bits per heavy atom. The predicted octanol–water partition coefficient (Wildman–Crippen LogP) is 7.94. The molecule has 1 atom stereocenters. The molecular formula is C30H36N2O5. The summed E-state index contributed by atoms with van der Waals surface area (Å²) in [6.07, 6.45) is 5.23. The zero-order valence-electron chi connectivity index (χ0n) is 21.5. The Morgan fingerprint density at radius 1 is 0.838 bits per heavy atom. The predicted molar refractivity (Wildman–Crippen MR) is 147 cm³/mol. The highest BCUT2D eigenvalue weighted by Gasteiger charge is 2.18. The molecule has 3 aromatic carbocycles. The van der Waals surface area contributed by atoms with Gasteiger partial charge in [0, 0.05) is 6.08 Å². The number of esters is 1. The number of aliphatic carboxylic acids is 1. The van der Waals surface area contributed by atoms with Gasteiger partial charge in [0.2, 0.25) is 0 Å². The fraction of sp³-hybridized carbons (Fsp3) is 0.267. The monoisotopic (exact) mass is 504 g/mol. The minimum absolute atomic E-state index is 0.394. The number of hydrogen-bond donors (Lipinski definition) is 1. The van der Waals surface area contributed by atoms with Gasteiger partial charge in [-0.1, -0.05) is 87.4 Å². The number of carbonyl (C=O) groups is 2. The Hall–Kier alpha value is -4.26. The summed E-state index contributed by atoms with van der Waals surface area (Å²) in [5.74, 6) is -0.657. The minimum Gasteiger partial charge on any atom is -0.479 e. The highest BCUT2D eigenvalue weighted by molar-refractivity contribution is 5.80. The molecule has 7 nitrogen and oxygen atoms in total. The number of hydrogen-bond acceptors (Lipinski definition) is 6. The van der Waals surface area contributed by atoms with Gasteiger partial charge in [0.05, 0.1) is 18.5 Å². The molecular weight excluding hydrogens is 468 g/mol. The van der Waals surface area contributed by atoms with Crippen LogP contribution < -0.4 is 4.74 Å². The van der Waals surface area contributed by atoms with Crippen LogP contribution in [0.3, 0.4) is 0 Å². The summed E-state index contributed by atoms with van der Waals surface area (Å²) in [6.45, 7) is 5.29. The second-order valence-corrected chi connectivity index (χ2v) is 7.71. The van der Waals surface area contributed by atoms with Crippen LogP contribution in [0.15, 0.2) is 114 Å². The van der Waals surface area contributed by atoms with Gasteiger partial charge >= 0.3 is 11.9 Å². The molecule has 0 radical (unpaired) electrons. The van der Waals surface area contributed by atoms with Crippen LogP contribution in [0.2, 0.25) is 0 Å². The van der Waals surface area contributed by atoms with Crippen LogP contribution in [0.5, 0.6) is 5.75 Å². The standard InChI is InChI=1S/C14H20O3.C12H10N2.C4H6O2/c1-2-3-4-8-11-13(14(15)16)17-12-9-6-5-7-10-12;1-3-7-11(8-4-1)13-14-12-9-5-2-6-10-12;1-3-4(5)6-2/h5-7,9-10,13H,2-4,8,11H2,1H3,(H,15,16);1-10H;3H,1H2,2H3. The Balaban J connectivity index is 0.000000308. The van der Waals surface area contributed by atoms with Crippen LogP contribution in [0.4, 0.5) is 11.4 Å². The summed E-state index contributed by atoms with van der Waals surface area (Å²) in [6, 6.07) is 28.5. The number of carboxylic acids is 1. The first kappa shape index (κ1) is 30.8. The zero-order valence-corrected chi connectivity index (χ0v) is 21.5. The quantitative estimate of drug-likeness (QED) is 0.124. The number of nitrogens with zero attached hydrogens (tertiary/aromatic N) is 2. The number of azo groups is 1. The molecule has 0 aliphatic carbocycles. The smallest absolute Gasteiger partial charge is 0.344 e. The van der Waals surface area contributed by atoms with Crippen LogP contribution in [-0.4, -0.2) is 30.3 Å². The highest BCUT2D eigenvalue weighted by Crippen LogP contribution is 2.17. The molecule has 0 aliphatic rings. The van der Waals surface area contributed by atoms with Crippen molar-refractivity contribution in [2.75, 3.05) is 7.11 Å². The van der Waals surface area contributed by atoms with Crippen LogP contribution >= 0.6 is 0 Å². The lowest BCUT2D eigenvalue weighted by Crippen LogP contribution is -2.26. The zero-order chi connectivity index (χ0) is 27.1. The van der Waals surface area contributed by atoms with E-state index in [4.69, 9.17) is 9.84 Å². The van der Waals surface area contributed by atoms with Crippen molar-refractivity contribution >= 4 is 23.3 Å². The van der Waals surface area contributed by atoms with E-state index >= 15 is 0 Å². The summed E-state index contributed by atoms with van der Waals surface area (Å²) >= 11 is 0. The number of ether oxygens (including phenoxy) is 2. The number of carboxylic acid groups (broad SMARTS) is 1. The fourth-order valence-electron chi connectivity index (χ4n) is 2.84. The summed E-state index contributed by atoms with van der Waals surface area (Å²) in [5.41, 5.74) is 1.74. The molecule has 7 heteroatoms. The molecule has 0 saturated heterocycles. The number of rotatable bonds is 11. The third-order valence-electron chi connectivity index (χ3n) is 4.78. The summed E-state index contributed by atoms with van der Waals surface area (Å²) in [7, 11) is 1.31. The Morgan fingerprint density at radius 2 is 1.32 bits per heavy atom. The average molecular weight is 505 g/mol. The average Bonchev–Trinajstić information content (AvgIpc) is 2.95. The summed E-state index contributed by atoms with van der Waals surface area (Å²) < 4.78 is 9.60. The van der Waals surface area contributed by atoms with Crippen molar-refractivity contribution in [2.45, 2.75) is 45.1 Å². The van der Waals surface area contributed by atoms with Gasteiger partial charge in [-0.2, -0.15) is 10.2 Å². The molecule has 0 aliphatic heterocycles. The van der Waals surface area contributed by atoms with Crippen LogP contribution in [0, 0.1) is 0 Å². The Kier molecular flexibility index (Phi) is 16.6. The fourth-order valence-corrected chi connectivity index (χ4v) is 2.84. The lowest BCUT2D eigenvalue weighted by atomic mass is 10.1. The molecule has 0 bridgehead atoms. The molecule has 1 unspecified atom stereocenters. The second kappa shape index (κ2) is 20.0. The lowest BCUT2D eigenvalue weighted by Gasteiger charge is -2.14. The molecule has 37 heavy (non-hydrogen) atoms. The van der Waals surface area contributed by atoms with E-state index in [-0.39, 0.29) is 0 Å². The number of carbonyl (C=O) groups excluding carboxylic acids is 1. The Labute approximate surface area is 219 Å². The first-order chi connectivity index (χ1) is 18.0. The molecule has 0 amide bonds. The van der Waals surface area contributed by atoms with E-state index in [0.29, 0.717) is 12.2 Å². The van der Waals surface area contributed by atoms with Gasteiger partial charge in [-0.3, -0.25) is 0 Å². The van der Waals surface area contributed by atoms with Gasteiger partial charge in [0.1, 0.15) is 5.75 Å². The SMILES string of the molecule is C=CC(=O)OC.CCCCCCC(Oc1ccccc1)C(=O)O.c1ccc(N=Nc2ccccc2)cc1. The lowest BCUT2D eigenvalue weighted by molar-refractivity contribution is -0.145. The molecule has 0 fully saturated rings. The van der Waals surface area contributed by atoms with Gasteiger partial charge in [0.15, 0.2) is 6.10 Å². The third kappa shape index (κ3) is 15.4. The summed E-state index contributed by atoms with van der Waals surface area (Å²) in [4.78, 5) is 20.9. The van der Waals surface area contributed by atoms with Crippen molar-refractivity contribution in [1.29, 1.82) is 0 Å².